The van der Waals surface area contributed by atoms with Crippen LogP contribution in [-0.4, -0.2) is 35.9 Å². The summed E-state index contributed by atoms with van der Waals surface area (Å²) in [5.74, 6) is 0.607. The predicted octanol–water partition coefficient (Wildman–Crippen LogP) is 3.69. The maximum Gasteiger partial charge on any atom is 0.216 e. The van der Waals surface area contributed by atoms with E-state index < -0.39 is 0 Å². The molecular formula is C19H17N7S. The SMILES string of the molecule is Cc1nn(-c2ccccc2)c(C)c1C=Nn1c(-c2cccnc2)n[nH]c1=S. The molecule has 0 fully saturated rings. The van der Waals surface area contributed by atoms with E-state index in [9.17, 15) is 0 Å². The molecule has 0 saturated carbocycles. The van der Waals surface area contributed by atoms with Gasteiger partial charge in [0, 0.05) is 23.5 Å². The summed E-state index contributed by atoms with van der Waals surface area (Å²) < 4.78 is 3.91. The molecule has 1 aromatic carbocycles. The van der Waals surface area contributed by atoms with Gasteiger partial charge in [0.25, 0.3) is 0 Å². The van der Waals surface area contributed by atoms with E-state index in [1.807, 2.05) is 61.0 Å². The van der Waals surface area contributed by atoms with Crippen LogP contribution in [0.2, 0.25) is 0 Å². The van der Waals surface area contributed by atoms with Crippen molar-refractivity contribution >= 4 is 18.4 Å². The number of H-pyrrole nitrogens is 1. The summed E-state index contributed by atoms with van der Waals surface area (Å²) in [6.07, 6.45) is 5.20. The number of benzene rings is 1. The Bertz CT molecular complexity index is 1150. The number of nitrogens with zero attached hydrogens (tertiary/aromatic N) is 6. The van der Waals surface area contributed by atoms with E-state index in [0.29, 0.717) is 10.6 Å². The van der Waals surface area contributed by atoms with Crippen LogP contribution in [0, 0.1) is 18.6 Å². The maximum absolute atomic E-state index is 5.33. The average molecular weight is 375 g/mol. The second kappa shape index (κ2) is 7.08. The van der Waals surface area contributed by atoms with Crippen LogP contribution in [0.3, 0.4) is 0 Å². The second-order valence-electron chi connectivity index (χ2n) is 5.98. The molecule has 0 unspecified atom stereocenters. The molecule has 3 aromatic heterocycles. The van der Waals surface area contributed by atoms with Gasteiger partial charge in [-0.3, -0.25) is 4.98 Å². The van der Waals surface area contributed by atoms with Crippen molar-refractivity contribution in [3.63, 3.8) is 0 Å². The first-order valence-electron chi connectivity index (χ1n) is 8.39. The van der Waals surface area contributed by atoms with Crippen molar-refractivity contribution in [1.82, 2.24) is 29.6 Å². The highest BCUT2D eigenvalue weighted by molar-refractivity contribution is 7.71. The molecule has 0 saturated heterocycles. The van der Waals surface area contributed by atoms with Gasteiger partial charge in [0.05, 0.1) is 23.3 Å². The molecule has 0 atom stereocenters. The highest BCUT2D eigenvalue weighted by Gasteiger charge is 2.12. The lowest BCUT2D eigenvalue weighted by molar-refractivity contribution is 0.833. The molecule has 0 aliphatic heterocycles. The zero-order valence-corrected chi connectivity index (χ0v) is 15.7. The third kappa shape index (κ3) is 3.22. The fraction of sp³-hybridized carbons (Fsp3) is 0.105. The smallest absolute Gasteiger partial charge is 0.216 e. The van der Waals surface area contributed by atoms with E-state index in [2.05, 4.69) is 25.4 Å². The molecule has 4 rings (SSSR count). The standard InChI is InChI=1S/C19H17N7S/c1-13-17(14(2)25(24-13)16-8-4-3-5-9-16)12-21-26-18(22-23-19(26)27)15-7-6-10-20-11-15/h3-12H,1-2H3,(H,23,27). The Morgan fingerprint density at radius 1 is 1.11 bits per heavy atom. The summed E-state index contributed by atoms with van der Waals surface area (Å²) in [6, 6.07) is 13.8. The normalized spacial score (nSPS) is 11.3. The number of aromatic nitrogens is 6. The lowest BCUT2D eigenvalue weighted by Crippen LogP contribution is -1.99. The first-order valence-corrected chi connectivity index (χ1v) is 8.80. The van der Waals surface area contributed by atoms with Gasteiger partial charge < -0.3 is 0 Å². The Hall–Kier alpha value is -3.39. The predicted molar refractivity (Wildman–Crippen MR) is 107 cm³/mol. The van der Waals surface area contributed by atoms with Crippen LogP contribution in [0.4, 0.5) is 0 Å². The van der Waals surface area contributed by atoms with Gasteiger partial charge in [-0.15, -0.1) is 0 Å². The van der Waals surface area contributed by atoms with Crippen LogP contribution >= 0.6 is 12.2 Å². The van der Waals surface area contributed by atoms with E-state index in [0.717, 1.165) is 28.2 Å². The Morgan fingerprint density at radius 2 is 1.93 bits per heavy atom. The van der Waals surface area contributed by atoms with Crippen LogP contribution < -0.4 is 0 Å². The minimum absolute atomic E-state index is 0.413. The van der Waals surface area contributed by atoms with Gasteiger partial charge in [-0.05, 0) is 50.3 Å². The number of hydrogen-bond donors (Lipinski definition) is 1. The third-order valence-electron chi connectivity index (χ3n) is 4.22. The Balaban J connectivity index is 1.74. The van der Waals surface area contributed by atoms with Crippen molar-refractivity contribution in [2.24, 2.45) is 5.10 Å². The molecule has 0 aliphatic carbocycles. The van der Waals surface area contributed by atoms with Gasteiger partial charge in [0.15, 0.2) is 5.82 Å². The molecule has 7 nitrogen and oxygen atoms in total. The van der Waals surface area contributed by atoms with Crippen molar-refractivity contribution in [3.05, 3.63) is 76.6 Å². The zero-order valence-electron chi connectivity index (χ0n) is 14.9. The van der Waals surface area contributed by atoms with Crippen LogP contribution in [0.5, 0.6) is 0 Å². The van der Waals surface area contributed by atoms with E-state index in [4.69, 9.17) is 12.2 Å². The molecule has 0 aliphatic rings. The highest BCUT2D eigenvalue weighted by Crippen LogP contribution is 2.18. The number of hydrogen-bond acceptors (Lipinski definition) is 5. The van der Waals surface area contributed by atoms with Crippen LogP contribution in [0.25, 0.3) is 17.1 Å². The molecule has 4 aromatic rings. The molecule has 8 heteroatoms. The molecule has 27 heavy (non-hydrogen) atoms. The maximum atomic E-state index is 5.33. The first-order chi connectivity index (χ1) is 13.1. The largest absolute Gasteiger partial charge is 0.264 e. The molecular weight excluding hydrogens is 358 g/mol. The second-order valence-corrected chi connectivity index (χ2v) is 6.37. The minimum atomic E-state index is 0.413. The summed E-state index contributed by atoms with van der Waals surface area (Å²) in [4.78, 5) is 4.13. The third-order valence-corrected chi connectivity index (χ3v) is 4.48. The summed E-state index contributed by atoms with van der Waals surface area (Å²) in [5.41, 5.74) is 4.67. The Labute approximate surface area is 161 Å². The number of para-hydroxylation sites is 1. The number of nitrogens with one attached hydrogen (secondary N) is 1. The van der Waals surface area contributed by atoms with Crippen LogP contribution in [0.1, 0.15) is 17.0 Å². The summed E-state index contributed by atoms with van der Waals surface area (Å²) in [5, 5.41) is 16.2. The summed E-state index contributed by atoms with van der Waals surface area (Å²) in [7, 11) is 0. The van der Waals surface area contributed by atoms with Crippen molar-refractivity contribution in [2.45, 2.75) is 13.8 Å². The highest BCUT2D eigenvalue weighted by atomic mass is 32.1. The van der Waals surface area contributed by atoms with E-state index >= 15 is 0 Å². The minimum Gasteiger partial charge on any atom is -0.264 e. The number of pyridine rings is 1. The van der Waals surface area contributed by atoms with E-state index in [1.54, 1.807) is 23.3 Å². The number of aryl methyl sites for hydroxylation is 1. The van der Waals surface area contributed by atoms with E-state index in [-0.39, 0.29) is 0 Å². The summed E-state index contributed by atoms with van der Waals surface area (Å²) >= 11 is 5.33. The molecule has 1 N–H and O–H groups in total. The summed E-state index contributed by atoms with van der Waals surface area (Å²) in [6.45, 7) is 3.98. The average Bonchev–Trinajstić information content (AvgIpc) is 3.21. The number of aromatic amines is 1. The molecule has 134 valence electrons. The molecule has 0 spiro atoms. The van der Waals surface area contributed by atoms with Crippen LogP contribution in [-0.2, 0) is 0 Å². The molecule has 3 heterocycles. The molecule has 0 bridgehead atoms. The Morgan fingerprint density at radius 3 is 2.67 bits per heavy atom. The van der Waals surface area contributed by atoms with Gasteiger partial charge in [-0.25, -0.2) is 9.78 Å². The van der Waals surface area contributed by atoms with Crippen LogP contribution in [0.15, 0.2) is 60.0 Å². The van der Waals surface area contributed by atoms with Gasteiger partial charge >= 0.3 is 0 Å². The topological polar surface area (TPSA) is 76.7 Å². The zero-order chi connectivity index (χ0) is 18.8. The Kier molecular flexibility index (Phi) is 4.47. The van der Waals surface area contributed by atoms with Gasteiger partial charge in [0.1, 0.15) is 0 Å². The lowest BCUT2D eigenvalue weighted by atomic mass is 10.2. The van der Waals surface area contributed by atoms with Crippen molar-refractivity contribution < 1.29 is 0 Å². The molecule has 0 radical (unpaired) electrons. The van der Waals surface area contributed by atoms with Gasteiger partial charge in [-0.1, -0.05) is 18.2 Å². The van der Waals surface area contributed by atoms with Gasteiger partial charge in [-0.2, -0.15) is 20.0 Å². The fourth-order valence-electron chi connectivity index (χ4n) is 2.86. The van der Waals surface area contributed by atoms with E-state index in [1.165, 1.54) is 0 Å². The fourth-order valence-corrected chi connectivity index (χ4v) is 3.04. The van der Waals surface area contributed by atoms with Crippen molar-refractivity contribution in [2.75, 3.05) is 0 Å². The number of rotatable bonds is 4. The lowest BCUT2D eigenvalue weighted by Gasteiger charge is -2.03. The van der Waals surface area contributed by atoms with Crippen molar-refractivity contribution in [1.29, 1.82) is 0 Å². The molecule has 0 amide bonds. The van der Waals surface area contributed by atoms with Crippen molar-refractivity contribution in [3.8, 4) is 17.1 Å². The quantitative estimate of drug-likeness (QED) is 0.436. The monoisotopic (exact) mass is 375 g/mol. The van der Waals surface area contributed by atoms with Gasteiger partial charge in [0.2, 0.25) is 4.77 Å². The first kappa shape index (κ1) is 17.0.